The summed E-state index contributed by atoms with van der Waals surface area (Å²) in [4.78, 5) is 37.6. The number of nitrogens with one attached hydrogen (secondary N) is 2. The Hall–Kier alpha value is -4.12. The molecule has 36 heavy (non-hydrogen) atoms. The zero-order valence-corrected chi connectivity index (χ0v) is 19.8. The van der Waals surface area contributed by atoms with Crippen LogP contribution in [0.3, 0.4) is 0 Å². The Bertz CT molecular complexity index is 1460. The Balaban J connectivity index is 1.44. The lowest BCUT2D eigenvalue weighted by Gasteiger charge is -2.18. The van der Waals surface area contributed by atoms with Crippen molar-refractivity contribution in [2.24, 2.45) is 0 Å². The minimum atomic E-state index is -3.33. The van der Waals surface area contributed by atoms with Crippen LogP contribution in [0.25, 0.3) is 10.9 Å². The van der Waals surface area contributed by atoms with Gasteiger partial charge in [0.2, 0.25) is 5.91 Å². The van der Waals surface area contributed by atoms with Crippen LogP contribution in [0.2, 0.25) is 5.15 Å². The molecule has 0 fully saturated rings. The number of hydrogen-bond acceptors (Lipinski definition) is 7. The highest BCUT2D eigenvalue weighted by Crippen LogP contribution is 2.30. The summed E-state index contributed by atoms with van der Waals surface area (Å²) in [5, 5.41) is 5.76. The summed E-state index contributed by atoms with van der Waals surface area (Å²) >= 11 is 6.07. The molecule has 0 radical (unpaired) electrons. The third-order valence-electron chi connectivity index (χ3n) is 5.34. The second kappa shape index (κ2) is 10.6. The van der Waals surface area contributed by atoms with Crippen LogP contribution in [-0.2, 0) is 23.8 Å². The van der Waals surface area contributed by atoms with E-state index in [1.165, 1.54) is 25.3 Å². The second-order valence-corrected chi connectivity index (χ2v) is 8.15. The number of amides is 1. The van der Waals surface area contributed by atoms with Crippen LogP contribution in [0, 0.1) is 0 Å². The van der Waals surface area contributed by atoms with Crippen molar-refractivity contribution < 1.29 is 18.3 Å². The lowest BCUT2D eigenvalue weighted by molar-refractivity contribution is -0.121. The molecule has 0 aliphatic carbocycles. The van der Waals surface area contributed by atoms with Gasteiger partial charge in [0.1, 0.15) is 17.4 Å². The molecule has 0 aliphatic heterocycles. The van der Waals surface area contributed by atoms with Crippen molar-refractivity contribution in [3.05, 3.63) is 87.8 Å². The normalized spacial score (nSPS) is 11.3. The number of carbonyl (C=O) groups excluding carboxylic acids is 1. The molecule has 0 atom stereocenters. The van der Waals surface area contributed by atoms with Crippen LogP contribution in [0.5, 0.6) is 5.75 Å². The number of halogens is 3. The fourth-order valence-corrected chi connectivity index (χ4v) is 3.65. The highest BCUT2D eigenvalue weighted by Gasteiger charge is 2.32. The molecule has 12 heteroatoms. The largest absolute Gasteiger partial charge is 0.497 e. The lowest BCUT2D eigenvalue weighted by atomic mass is 10.1. The van der Waals surface area contributed by atoms with Crippen molar-refractivity contribution in [3.8, 4) is 5.75 Å². The zero-order chi connectivity index (χ0) is 25.7. The monoisotopic (exact) mass is 514 g/mol. The van der Waals surface area contributed by atoms with Crippen molar-refractivity contribution in [2.45, 2.75) is 19.0 Å². The Morgan fingerprint density at radius 3 is 2.81 bits per heavy atom. The zero-order valence-electron chi connectivity index (χ0n) is 19.0. The van der Waals surface area contributed by atoms with E-state index in [1.54, 1.807) is 30.7 Å². The molecule has 186 valence electrons. The highest BCUT2D eigenvalue weighted by atomic mass is 35.5. The van der Waals surface area contributed by atoms with Gasteiger partial charge in [-0.15, -0.1) is 0 Å². The van der Waals surface area contributed by atoms with Gasteiger partial charge in [0.25, 0.3) is 11.5 Å². The second-order valence-electron chi connectivity index (χ2n) is 7.76. The summed E-state index contributed by atoms with van der Waals surface area (Å²) in [7, 11) is 1.38. The average molecular weight is 515 g/mol. The van der Waals surface area contributed by atoms with Crippen molar-refractivity contribution in [1.29, 1.82) is 0 Å². The lowest BCUT2D eigenvalue weighted by Crippen LogP contribution is -2.35. The summed E-state index contributed by atoms with van der Waals surface area (Å²) in [6, 6.07) is 9.08. The molecule has 1 amide bonds. The first-order valence-electron chi connectivity index (χ1n) is 10.7. The maximum Gasteiger partial charge on any atom is 0.294 e. The van der Waals surface area contributed by atoms with Gasteiger partial charge in [-0.1, -0.05) is 23.7 Å². The Morgan fingerprint density at radius 1 is 1.17 bits per heavy atom. The maximum atomic E-state index is 14.7. The molecule has 0 spiro atoms. The molecule has 3 aromatic heterocycles. The van der Waals surface area contributed by atoms with Gasteiger partial charge in [-0.05, 0) is 24.3 Å². The third kappa shape index (κ3) is 5.57. The first-order valence-corrected chi connectivity index (χ1v) is 11.1. The van der Waals surface area contributed by atoms with E-state index < -0.39 is 30.5 Å². The van der Waals surface area contributed by atoms with Crippen LogP contribution >= 0.6 is 11.6 Å². The minimum Gasteiger partial charge on any atom is -0.497 e. The highest BCUT2D eigenvalue weighted by molar-refractivity contribution is 6.29. The molecule has 4 aromatic rings. The van der Waals surface area contributed by atoms with Crippen LogP contribution < -0.4 is 20.9 Å². The smallest absolute Gasteiger partial charge is 0.294 e. The Morgan fingerprint density at radius 2 is 2.00 bits per heavy atom. The number of alkyl halides is 2. The summed E-state index contributed by atoms with van der Waals surface area (Å²) in [6.45, 7) is -1.22. The molecule has 3 heterocycles. The first-order chi connectivity index (χ1) is 17.3. The average Bonchev–Trinajstić information content (AvgIpc) is 2.89. The molecular formula is C24H21ClF2N6O3. The van der Waals surface area contributed by atoms with E-state index in [0.29, 0.717) is 11.1 Å². The fourth-order valence-electron chi connectivity index (χ4n) is 3.47. The predicted molar refractivity (Wildman–Crippen MR) is 130 cm³/mol. The number of ether oxygens (including phenoxy) is 1. The number of hydrogen-bond donors (Lipinski definition) is 2. The van der Waals surface area contributed by atoms with Crippen molar-refractivity contribution >= 4 is 34.2 Å². The summed E-state index contributed by atoms with van der Waals surface area (Å²) in [6.07, 6.45) is 6.00. The van der Waals surface area contributed by atoms with Crippen molar-refractivity contribution in [1.82, 2.24) is 24.8 Å². The summed E-state index contributed by atoms with van der Waals surface area (Å²) in [5.74, 6) is -3.94. The SMILES string of the molecule is COc1cccc(C(F)(F)CNc2ncc(Cl)n(CC(=O)NCc3cncc4cccnc34)c2=O)c1. The first kappa shape index (κ1) is 25.0. The molecule has 9 nitrogen and oxygen atoms in total. The number of carbonyl (C=O) groups is 1. The molecule has 4 rings (SSSR count). The van der Waals surface area contributed by atoms with E-state index in [1.807, 2.05) is 6.07 Å². The molecule has 0 bridgehead atoms. The van der Waals surface area contributed by atoms with Crippen LogP contribution in [0.15, 0.2) is 66.0 Å². The number of pyridine rings is 2. The molecule has 0 saturated carbocycles. The molecule has 0 saturated heterocycles. The topological polar surface area (TPSA) is 111 Å². The van der Waals surface area contributed by atoms with Crippen LogP contribution in [-0.4, -0.2) is 39.1 Å². The predicted octanol–water partition coefficient (Wildman–Crippen LogP) is 3.37. The number of fused-ring (bicyclic) bond motifs is 1. The van der Waals surface area contributed by atoms with Gasteiger partial charge in [-0.3, -0.25) is 24.1 Å². The minimum absolute atomic E-state index is 0.117. The van der Waals surface area contributed by atoms with E-state index in [4.69, 9.17) is 16.3 Å². The number of methoxy groups -OCH3 is 1. The maximum absolute atomic E-state index is 14.7. The van der Waals surface area contributed by atoms with Crippen molar-refractivity contribution in [3.63, 3.8) is 0 Å². The molecule has 0 aliphatic rings. The summed E-state index contributed by atoms with van der Waals surface area (Å²) in [5.41, 5.74) is 0.278. The summed E-state index contributed by atoms with van der Waals surface area (Å²) < 4.78 is 35.3. The van der Waals surface area contributed by atoms with Crippen LogP contribution in [0.1, 0.15) is 11.1 Å². The quantitative estimate of drug-likeness (QED) is 0.352. The fraction of sp³-hybridized carbons (Fsp3) is 0.208. The number of rotatable bonds is 9. The van der Waals surface area contributed by atoms with E-state index in [9.17, 15) is 18.4 Å². The van der Waals surface area contributed by atoms with Gasteiger partial charge < -0.3 is 15.4 Å². The van der Waals surface area contributed by atoms with Gasteiger partial charge in [-0.25, -0.2) is 4.98 Å². The van der Waals surface area contributed by atoms with E-state index >= 15 is 0 Å². The number of anilines is 1. The third-order valence-corrected chi connectivity index (χ3v) is 5.64. The van der Waals surface area contributed by atoms with Gasteiger partial charge in [0, 0.05) is 41.6 Å². The standard InChI is InChI=1S/C24H21ClF2N6O3/c1-36-18-6-2-5-17(8-18)24(26,27)14-32-22-23(35)33(19(25)12-31-22)13-20(34)30-11-16-10-28-9-15-4-3-7-29-21(15)16/h2-10,12H,11,13-14H2,1H3,(H,30,34)(H,31,32). The van der Waals surface area contributed by atoms with E-state index in [2.05, 4.69) is 25.6 Å². The number of benzene rings is 1. The Kier molecular flexibility index (Phi) is 7.39. The van der Waals surface area contributed by atoms with E-state index in [-0.39, 0.29) is 28.8 Å². The van der Waals surface area contributed by atoms with Crippen molar-refractivity contribution in [2.75, 3.05) is 19.0 Å². The van der Waals surface area contributed by atoms with Gasteiger partial charge in [0.15, 0.2) is 5.82 Å². The van der Waals surface area contributed by atoms with E-state index in [0.717, 1.165) is 16.2 Å². The van der Waals surface area contributed by atoms with Crippen LogP contribution in [0.4, 0.5) is 14.6 Å². The molecule has 2 N–H and O–H groups in total. The molecular weight excluding hydrogens is 494 g/mol. The van der Waals surface area contributed by atoms with Gasteiger partial charge >= 0.3 is 0 Å². The number of aromatic nitrogens is 4. The molecule has 0 unspecified atom stereocenters. The van der Waals surface area contributed by atoms with Gasteiger partial charge in [0.05, 0.1) is 25.4 Å². The molecule has 1 aromatic carbocycles. The number of nitrogens with zero attached hydrogens (tertiary/aromatic N) is 4. The Labute approximate surface area is 209 Å². The van der Waals surface area contributed by atoms with Gasteiger partial charge in [-0.2, -0.15) is 8.78 Å².